The third-order valence-corrected chi connectivity index (χ3v) is 2.56. The monoisotopic (exact) mass is 186 g/mol. The topological polar surface area (TPSA) is 46.5 Å². The van der Waals surface area contributed by atoms with Crippen LogP contribution in [0, 0.1) is 0 Å². The zero-order valence-corrected chi connectivity index (χ0v) is 8.16. The summed E-state index contributed by atoms with van der Waals surface area (Å²) in [6, 6.07) is 0. The van der Waals surface area contributed by atoms with Gasteiger partial charge in [-0.05, 0) is 19.3 Å². The van der Waals surface area contributed by atoms with Crippen LogP contribution in [0.5, 0.6) is 0 Å². The lowest BCUT2D eigenvalue weighted by Gasteiger charge is -2.24. The normalized spacial score (nSPS) is 21.3. The maximum Gasteiger partial charge on any atom is 0.332 e. The number of carbonyl (C=O) groups is 1. The van der Waals surface area contributed by atoms with E-state index in [-0.39, 0.29) is 6.10 Å². The fourth-order valence-corrected chi connectivity index (χ4v) is 1.76. The van der Waals surface area contributed by atoms with E-state index in [1.165, 1.54) is 19.3 Å². The van der Waals surface area contributed by atoms with Crippen LogP contribution in [0.4, 0.5) is 0 Å². The van der Waals surface area contributed by atoms with Crippen molar-refractivity contribution in [2.24, 2.45) is 0 Å². The molecule has 0 aromatic carbocycles. The van der Waals surface area contributed by atoms with Crippen LogP contribution in [0.3, 0.4) is 0 Å². The van der Waals surface area contributed by atoms with Gasteiger partial charge in [-0.3, -0.25) is 0 Å². The molecule has 0 aliphatic heterocycles. The number of rotatable bonds is 4. The van der Waals surface area contributed by atoms with Crippen LogP contribution in [0.2, 0.25) is 0 Å². The molecule has 1 atom stereocenters. The largest absolute Gasteiger partial charge is 0.479 e. The van der Waals surface area contributed by atoms with Gasteiger partial charge in [0.15, 0.2) is 6.10 Å². The Kier molecular flexibility index (Phi) is 4.22. The Labute approximate surface area is 79.1 Å². The summed E-state index contributed by atoms with van der Waals surface area (Å²) in [6.07, 6.45) is 5.85. The molecule has 3 heteroatoms. The van der Waals surface area contributed by atoms with Crippen LogP contribution in [0.25, 0.3) is 0 Å². The molecule has 0 unspecified atom stereocenters. The number of carboxylic acid groups (broad SMARTS) is 1. The Morgan fingerprint density at radius 1 is 1.46 bits per heavy atom. The fraction of sp³-hybridized carbons (Fsp3) is 0.900. The second kappa shape index (κ2) is 5.22. The molecule has 0 amide bonds. The Hall–Kier alpha value is -0.570. The summed E-state index contributed by atoms with van der Waals surface area (Å²) in [6.45, 7) is 1.85. The summed E-state index contributed by atoms with van der Waals surface area (Å²) < 4.78 is 5.50. The summed E-state index contributed by atoms with van der Waals surface area (Å²) in [7, 11) is 0. The lowest BCUT2D eigenvalue weighted by atomic mass is 9.97. The Morgan fingerprint density at radius 3 is 2.54 bits per heavy atom. The maximum absolute atomic E-state index is 10.7. The standard InChI is InChI=1S/C10H18O3/c1-2-9(10(11)12)13-8-6-4-3-5-7-8/h8-9H,2-7H2,1H3,(H,11,12)/t9-/m1/s1. The van der Waals surface area contributed by atoms with Crippen LogP contribution in [0.15, 0.2) is 0 Å². The third kappa shape index (κ3) is 3.35. The Bertz CT molecular complexity index is 162. The summed E-state index contributed by atoms with van der Waals surface area (Å²) in [5.41, 5.74) is 0. The molecule has 0 aromatic heterocycles. The van der Waals surface area contributed by atoms with Gasteiger partial charge < -0.3 is 9.84 Å². The van der Waals surface area contributed by atoms with Crippen molar-refractivity contribution in [3.63, 3.8) is 0 Å². The molecule has 0 radical (unpaired) electrons. The quantitative estimate of drug-likeness (QED) is 0.732. The molecule has 0 aromatic rings. The number of hydrogen-bond donors (Lipinski definition) is 1. The molecule has 1 rings (SSSR count). The first-order valence-corrected chi connectivity index (χ1v) is 5.12. The number of ether oxygens (including phenoxy) is 1. The molecule has 1 saturated carbocycles. The van der Waals surface area contributed by atoms with Crippen LogP contribution < -0.4 is 0 Å². The SMILES string of the molecule is CC[C@@H](OC1CCCCC1)C(=O)O. The molecular formula is C10H18O3. The first-order valence-electron chi connectivity index (χ1n) is 5.12. The van der Waals surface area contributed by atoms with Crippen LogP contribution in [-0.4, -0.2) is 23.3 Å². The van der Waals surface area contributed by atoms with Gasteiger partial charge in [0.2, 0.25) is 0 Å². The van der Waals surface area contributed by atoms with Gasteiger partial charge >= 0.3 is 5.97 Å². The van der Waals surface area contributed by atoms with Crippen molar-refractivity contribution >= 4 is 5.97 Å². The van der Waals surface area contributed by atoms with E-state index in [1.54, 1.807) is 0 Å². The average molecular weight is 186 g/mol. The average Bonchev–Trinajstić information content (AvgIpc) is 2.15. The van der Waals surface area contributed by atoms with E-state index in [2.05, 4.69) is 0 Å². The van der Waals surface area contributed by atoms with E-state index >= 15 is 0 Å². The van der Waals surface area contributed by atoms with Crippen molar-refractivity contribution < 1.29 is 14.6 Å². The minimum absolute atomic E-state index is 0.190. The lowest BCUT2D eigenvalue weighted by Crippen LogP contribution is -2.29. The first-order chi connectivity index (χ1) is 6.24. The summed E-state index contributed by atoms with van der Waals surface area (Å²) in [4.78, 5) is 10.7. The molecule has 1 N–H and O–H groups in total. The maximum atomic E-state index is 10.7. The van der Waals surface area contributed by atoms with E-state index in [1.807, 2.05) is 6.92 Å². The second-order valence-corrected chi connectivity index (χ2v) is 3.63. The summed E-state index contributed by atoms with van der Waals surface area (Å²) >= 11 is 0. The molecule has 1 aliphatic carbocycles. The Balaban J connectivity index is 2.31. The zero-order valence-electron chi connectivity index (χ0n) is 8.16. The van der Waals surface area contributed by atoms with Gasteiger partial charge in [0.25, 0.3) is 0 Å². The fourth-order valence-electron chi connectivity index (χ4n) is 1.76. The van der Waals surface area contributed by atoms with Crippen molar-refractivity contribution in [3.05, 3.63) is 0 Å². The van der Waals surface area contributed by atoms with Crippen LogP contribution in [0.1, 0.15) is 45.4 Å². The van der Waals surface area contributed by atoms with Crippen LogP contribution >= 0.6 is 0 Å². The van der Waals surface area contributed by atoms with Crippen molar-refractivity contribution in [1.29, 1.82) is 0 Å². The second-order valence-electron chi connectivity index (χ2n) is 3.63. The molecule has 0 spiro atoms. The third-order valence-electron chi connectivity index (χ3n) is 2.56. The highest BCUT2D eigenvalue weighted by molar-refractivity contribution is 5.72. The summed E-state index contributed by atoms with van der Waals surface area (Å²) in [5.74, 6) is -0.826. The van der Waals surface area contributed by atoms with Crippen molar-refractivity contribution in [3.8, 4) is 0 Å². The molecule has 13 heavy (non-hydrogen) atoms. The van der Waals surface area contributed by atoms with Gasteiger partial charge in [0.05, 0.1) is 6.10 Å². The minimum Gasteiger partial charge on any atom is -0.479 e. The molecular weight excluding hydrogens is 168 g/mol. The molecule has 0 saturated heterocycles. The van der Waals surface area contributed by atoms with E-state index in [0.717, 1.165) is 12.8 Å². The lowest BCUT2D eigenvalue weighted by molar-refractivity contribution is -0.155. The van der Waals surface area contributed by atoms with Crippen LogP contribution in [-0.2, 0) is 9.53 Å². The van der Waals surface area contributed by atoms with Gasteiger partial charge in [0, 0.05) is 0 Å². The minimum atomic E-state index is -0.826. The van der Waals surface area contributed by atoms with Crippen molar-refractivity contribution in [2.75, 3.05) is 0 Å². The number of carboxylic acids is 1. The van der Waals surface area contributed by atoms with Crippen molar-refractivity contribution in [1.82, 2.24) is 0 Å². The molecule has 1 aliphatic rings. The highest BCUT2D eigenvalue weighted by Gasteiger charge is 2.22. The van der Waals surface area contributed by atoms with Gasteiger partial charge in [-0.25, -0.2) is 4.79 Å². The highest BCUT2D eigenvalue weighted by Crippen LogP contribution is 2.22. The molecule has 3 nitrogen and oxygen atoms in total. The molecule has 76 valence electrons. The van der Waals surface area contributed by atoms with E-state index in [0.29, 0.717) is 6.42 Å². The highest BCUT2D eigenvalue weighted by atomic mass is 16.5. The number of aliphatic carboxylic acids is 1. The molecule has 1 fully saturated rings. The predicted octanol–water partition coefficient (Wildman–Crippen LogP) is 2.20. The molecule has 0 heterocycles. The van der Waals surface area contributed by atoms with Gasteiger partial charge in [-0.2, -0.15) is 0 Å². The predicted molar refractivity (Wildman–Crippen MR) is 49.7 cm³/mol. The van der Waals surface area contributed by atoms with Gasteiger partial charge in [-0.15, -0.1) is 0 Å². The molecule has 0 bridgehead atoms. The number of hydrogen-bond acceptors (Lipinski definition) is 2. The smallest absolute Gasteiger partial charge is 0.332 e. The van der Waals surface area contributed by atoms with Crippen molar-refractivity contribution in [2.45, 2.75) is 57.7 Å². The first kappa shape index (κ1) is 10.5. The van der Waals surface area contributed by atoms with E-state index in [4.69, 9.17) is 9.84 Å². The summed E-state index contributed by atoms with van der Waals surface area (Å²) in [5, 5.41) is 8.78. The van der Waals surface area contributed by atoms with E-state index in [9.17, 15) is 4.79 Å². The zero-order chi connectivity index (χ0) is 9.68. The van der Waals surface area contributed by atoms with Gasteiger partial charge in [0.1, 0.15) is 0 Å². The Morgan fingerprint density at radius 2 is 2.08 bits per heavy atom. The van der Waals surface area contributed by atoms with Gasteiger partial charge in [-0.1, -0.05) is 26.2 Å². The van der Waals surface area contributed by atoms with E-state index < -0.39 is 12.1 Å².